The van der Waals surface area contributed by atoms with Gasteiger partial charge in [-0.25, -0.2) is 0 Å². The van der Waals surface area contributed by atoms with E-state index < -0.39 is 12.8 Å². The van der Waals surface area contributed by atoms with Gasteiger partial charge in [0, 0.05) is 38.9 Å². The number of halogens is 3. The number of nitrogens with one attached hydrogen (secondary N) is 1. The number of hydrogen-bond donors (Lipinski definition) is 1. The predicted molar refractivity (Wildman–Crippen MR) is 112 cm³/mol. The van der Waals surface area contributed by atoms with Gasteiger partial charge < -0.3 is 24.4 Å². The lowest BCUT2D eigenvalue weighted by Crippen LogP contribution is -2.47. The highest BCUT2D eigenvalue weighted by Crippen LogP contribution is 2.22. The van der Waals surface area contributed by atoms with Gasteiger partial charge in [0.1, 0.15) is 5.75 Å². The molecule has 31 heavy (non-hydrogen) atoms. The molecule has 0 amide bonds. The van der Waals surface area contributed by atoms with Crippen LogP contribution in [0.5, 0.6) is 5.75 Å². The number of aliphatic imine (C=N–C) groups is 1. The quantitative estimate of drug-likeness (QED) is 0.514. The summed E-state index contributed by atoms with van der Waals surface area (Å²) in [5, 5.41) is 3.25. The molecule has 0 bridgehead atoms. The summed E-state index contributed by atoms with van der Waals surface area (Å²) in [6.45, 7) is 2.13. The largest absolute Gasteiger partial charge is 0.484 e. The van der Waals surface area contributed by atoms with Gasteiger partial charge in [-0.05, 0) is 38.2 Å². The van der Waals surface area contributed by atoms with Crippen molar-refractivity contribution in [3.05, 3.63) is 29.8 Å². The molecule has 2 fully saturated rings. The molecule has 0 spiro atoms. The molecule has 1 atom stereocenters. The molecule has 1 N–H and O–H groups in total. The topological polar surface area (TPSA) is 55.3 Å². The van der Waals surface area contributed by atoms with E-state index in [-0.39, 0.29) is 18.0 Å². The zero-order valence-electron chi connectivity index (χ0n) is 18.0. The Hall–Kier alpha value is -2.00. The first-order valence-electron chi connectivity index (χ1n) is 10.9. The molecule has 6 nitrogen and oxygen atoms in total. The summed E-state index contributed by atoms with van der Waals surface area (Å²) in [4.78, 5) is 6.48. The van der Waals surface area contributed by atoms with E-state index in [0.717, 1.165) is 51.3 Å². The van der Waals surface area contributed by atoms with Crippen molar-refractivity contribution in [3.8, 4) is 5.75 Å². The normalized spacial score (nSPS) is 21.2. The van der Waals surface area contributed by atoms with Crippen LogP contribution in [-0.4, -0.2) is 69.2 Å². The number of rotatable bonds is 7. The summed E-state index contributed by atoms with van der Waals surface area (Å²) in [5.41, 5.74) is 0.651. The molecule has 174 valence electrons. The summed E-state index contributed by atoms with van der Waals surface area (Å²) in [6, 6.07) is 6.73. The van der Waals surface area contributed by atoms with Crippen molar-refractivity contribution in [2.24, 2.45) is 4.99 Å². The second-order valence-electron chi connectivity index (χ2n) is 7.92. The molecule has 2 saturated heterocycles. The fourth-order valence-corrected chi connectivity index (χ4v) is 3.87. The monoisotopic (exact) mass is 443 g/mol. The van der Waals surface area contributed by atoms with Crippen LogP contribution in [0.3, 0.4) is 0 Å². The lowest BCUT2D eigenvalue weighted by molar-refractivity contribution is -0.153. The van der Waals surface area contributed by atoms with E-state index in [4.69, 9.17) is 14.2 Å². The Balaban J connectivity index is 1.44. The number of benzene rings is 1. The lowest BCUT2D eigenvalue weighted by Gasteiger charge is -2.35. The number of piperidine rings is 1. The molecule has 1 aromatic carbocycles. The summed E-state index contributed by atoms with van der Waals surface area (Å²) < 4.78 is 54.2. The van der Waals surface area contributed by atoms with Crippen molar-refractivity contribution >= 4 is 5.96 Å². The number of guanidine groups is 1. The lowest BCUT2D eigenvalue weighted by atomic mass is 10.1. The van der Waals surface area contributed by atoms with Gasteiger partial charge in [-0.1, -0.05) is 18.2 Å². The van der Waals surface area contributed by atoms with Gasteiger partial charge in [-0.15, -0.1) is 0 Å². The number of likely N-dealkylation sites (tertiary alicyclic amines) is 1. The van der Waals surface area contributed by atoms with Gasteiger partial charge in [0.05, 0.1) is 18.8 Å². The Bertz CT molecular complexity index is 701. The van der Waals surface area contributed by atoms with Gasteiger partial charge in [0.15, 0.2) is 12.6 Å². The van der Waals surface area contributed by atoms with Crippen molar-refractivity contribution in [1.82, 2.24) is 10.2 Å². The number of nitrogens with zero attached hydrogens (tertiary/aromatic N) is 2. The summed E-state index contributed by atoms with van der Waals surface area (Å²) in [6.07, 6.45) is 1.29. The van der Waals surface area contributed by atoms with Crippen LogP contribution in [0.25, 0.3) is 0 Å². The number of para-hydroxylation sites is 1. The smallest absolute Gasteiger partial charge is 0.422 e. The fourth-order valence-electron chi connectivity index (χ4n) is 3.87. The Morgan fingerprint density at radius 2 is 1.97 bits per heavy atom. The Kier molecular flexibility index (Phi) is 8.83. The van der Waals surface area contributed by atoms with Crippen LogP contribution in [-0.2, 0) is 16.0 Å². The van der Waals surface area contributed by atoms with Crippen LogP contribution in [0.15, 0.2) is 29.3 Å². The second kappa shape index (κ2) is 11.6. The third-order valence-electron chi connectivity index (χ3n) is 5.55. The van der Waals surface area contributed by atoms with Crippen molar-refractivity contribution in [2.75, 3.05) is 40.0 Å². The van der Waals surface area contributed by atoms with Crippen molar-refractivity contribution in [3.63, 3.8) is 0 Å². The zero-order valence-corrected chi connectivity index (χ0v) is 18.0. The van der Waals surface area contributed by atoms with Crippen LogP contribution in [0.1, 0.15) is 37.7 Å². The Labute approximate surface area is 181 Å². The summed E-state index contributed by atoms with van der Waals surface area (Å²) in [5.74, 6) is 0.944. The third-order valence-corrected chi connectivity index (χ3v) is 5.55. The van der Waals surface area contributed by atoms with Crippen molar-refractivity contribution in [1.29, 1.82) is 0 Å². The van der Waals surface area contributed by atoms with E-state index >= 15 is 0 Å². The predicted octanol–water partition coefficient (Wildman–Crippen LogP) is 3.75. The molecule has 9 heteroatoms. The highest BCUT2D eigenvalue weighted by molar-refractivity contribution is 5.80. The van der Waals surface area contributed by atoms with E-state index in [0.29, 0.717) is 18.7 Å². The molecular weight excluding hydrogens is 411 g/mol. The minimum absolute atomic E-state index is 0.219. The van der Waals surface area contributed by atoms with Gasteiger partial charge in [0.2, 0.25) is 0 Å². The van der Waals surface area contributed by atoms with E-state index in [2.05, 4.69) is 15.2 Å². The molecule has 2 aliphatic heterocycles. The third kappa shape index (κ3) is 7.88. The van der Waals surface area contributed by atoms with Gasteiger partial charge in [0.25, 0.3) is 0 Å². The highest BCUT2D eigenvalue weighted by Gasteiger charge is 2.29. The Morgan fingerprint density at radius 3 is 2.65 bits per heavy atom. The minimum atomic E-state index is -4.37. The van der Waals surface area contributed by atoms with E-state index in [9.17, 15) is 13.2 Å². The number of ether oxygens (including phenoxy) is 3. The first-order valence-corrected chi connectivity index (χ1v) is 10.9. The minimum Gasteiger partial charge on any atom is -0.484 e. The maximum Gasteiger partial charge on any atom is 0.422 e. The molecule has 3 rings (SSSR count). The van der Waals surface area contributed by atoms with Crippen molar-refractivity contribution in [2.45, 2.75) is 57.0 Å². The summed E-state index contributed by atoms with van der Waals surface area (Å²) in [7, 11) is 1.71. The maximum atomic E-state index is 12.5. The first-order chi connectivity index (χ1) is 14.9. The van der Waals surface area contributed by atoms with Crippen molar-refractivity contribution < 1.29 is 27.4 Å². The van der Waals surface area contributed by atoms with Gasteiger partial charge in [-0.2, -0.15) is 13.2 Å². The Morgan fingerprint density at radius 1 is 1.19 bits per heavy atom. The van der Waals surface area contributed by atoms with Crippen LogP contribution in [0.2, 0.25) is 0 Å². The van der Waals surface area contributed by atoms with Crippen LogP contribution in [0, 0.1) is 0 Å². The van der Waals surface area contributed by atoms with Gasteiger partial charge >= 0.3 is 6.18 Å². The van der Waals surface area contributed by atoms with Crippen LogP contribution < -0.4 is 10.1 Å². The first kappa shape index (κ1) is 23.7. The van der Waals surface area contributed by atoms with Crippen LogP contribution in [0.4, 0.5) is 13.2 Å². The molecule has 0 radical (unpaired) electrons. The van der Waals surface area contributed by atoms with E-state index in [1.165, 1.54) is 6.42 Å². The number of hydrogen-bond acceptors (Lipinski definition) is 4. The second-order valence-corrected chi connectivity index (χ2v) is 7.92. The van der Waals surface area contributed by atoms with Gasteiger partial charge in [-0.3, -0.25) is 4.99 Å². The molecule has 2 heterocycles. The fraction of sp³-hybridized carbons (Fsp3) is 0.682. The standard InChI is InChI=1S/C22H32F3N3O3/c1-26-21(27-14-17-6-2-3-8-20(17)31-16-22(23,24)25)28-11-9-18(10-12-28)30-15-19-7-4-5-13-29-19/h2-3,6,8,18-19H,4-5,7,9-16H2,1H3,(H,26,27). The SMILES string of the molecule is CN=C(NCc1ccccc1OCC(F)(F)F)N1CCC(OCC2CCCCO2)CC1. The van der Waals surface area contributed by atoms with E-state index in [1.807, 2.05) is 0 Å². The molecule has 0 aromatic heterocycles. The van der Waals surface area contributed by atoms with Crippen LogP contribution >= 0.6 is 0 Å². The molecule has 0 saturated carbocycles. The van der Waals surface area contributed by atoms with E-state index in [1.54, 1.807) is 31.3 Å². The molecule has 1 unspecified atom stereocenters. The molecule has 1 aromatic rings. The average Bonchev–Trinajstić information content (AvgIpc) is 2.78. The highest BCUT2D eigenvalue weighted by atomic mass is 19.4. The average molecular weight is 444 g/mol. The summed E-state index contributed by atoms with van der Waals surface area (Å²) >= 11 is 0. The zero-order chi connectivity index (χ0) is 22.1. The molecular formula is C22H32F3N3O3. The maximum absolute atomic E-state index is 12.5. The molecule has 2 aliphatic rings. The molecule has 0 aliphatic carbocycles. The number of alkyl halides is 3.